The van der Waals surface area contributed by atoms with Crippen LogP contribution < -0.4 is 0 Å². The van der Waals surface area contributed by atoms with Gasteiger partial charge in [0, 0.05) is 12.1 Å². The summed E-state index contributed by atoms with van der Waals surface area (Å²) in [7, 11) is 3.90. The maximum absolute atomic E-state index is 12.7. The Hall–Kier alpha value is -2.86. The molecule has 0 unspecified atom stereocenters. The number of carbonyl (C=O) groups is 2. The lowest BCUT2D eigenvalue weighted by Crippen LogP contribution is -2.32. The number of rotatable bonds is 6. The Morgan fingerprint density at radius 2 is 1.88 bits per heavy atom. The second-order valence-electron chi connectivity index (χ2n) is 6.53. The summed E-state index contributed by atoms with van der Waals surface area (Å²) in [6, 6.07) is 11.5. The van der Waals surface area contributed by atoms with Crippen molar-refractivity contribution >= 4 is 17.4 Å². The lowest BCUT2D eigenvalue weighted by atomic mass is 9.99. The summed E-state index contributed by atoms with van der Waals surface area (Å²) in [5.41, 5.74) is 0.566. The molecule has 1 saturated heterocycles. The molecule has 1 fully saturated rings. The molecular formula is C20H22N2O4. The van der Waals surface area contributed by atoms with Gasteiger partial charge in [0.25, 0.3) is 11.7 Å². The fraction of sp³-hybridized carbons (Fsp3) is 0.300. The van der Waals surface area contributed by atoms with E-state index < -0.39 is 17.7 Å². The van der Waals surface area contributed by atoms with Crippen LogP contribution in [-0.2, 0) is 9.59 Å². The largest absolute Gasteiger partial charge is 0.507 e. The van der Waals surface area contributed by atoms with Gasteiger partial charge in [-0.15, -0.1) is 0 Å². The van der Waals surface area contributed by atoms with Crippen molar-refractivity contribution in [2.24, 2.45) is 0 Å². The number of aliphatic hydroxyl groups excluding tert-OH is 1. The first-order chi connectivity index (χ1) is 12.5. The monoisotopic (exact) mass is 354 g/mol. The average Bonchev–Trinajstić information content (AvgIpc) is 3.24. The molecule has 1 aliphatic heterocycles. The Bertz CT molecular complexity index is 810. The van der Waals surface area contributed by atoms with E-state index >= 15 is 0 Å². The summed E-state index contributed by atoms with van der Waals surface area (Å²) in [6.07, 6.45) is 2.21. The number of hydrogen-bond donors (Lipinski definition) is 1. The number of hydrogen-bond acceptors (Lipinski definition) is 5. The SMILES string of the molecule is CN(C)CCCN1C(=O)C(=O)C(=C(O)c2ccccc2)[C@@H]1c1ccco1. The van der Waals surface area contributed by atoms with Gasteiger partial charge in [-0.2, -0.15) is 0 Å². The number of nitrogens with zero attached hydrogens (tertiary/aromatic N) is 2. The minimum atomic E-state index is -0.715. The molecule has 3 rings (SSSR count). The molecule has 6 heteroatoms. The molecule has 0 aliphatic carbocycles. The first-order valence-electron chi connectivity index (χ1n) is 8.52. The van der Waals surface area contributed by atoms with Crippen molar-refractivity contribution in [2.45, 2.75) is 12.5 Å². The predicted octanol–water partition coefficient (Wildman–Crippen LogP) is 2.65. The van der Waals surface area contributed by atoms with Gasteiger partial charge in [0.2, 0.25) is 0 Å². The highest BCUT2D eigenvalue weighted by atomic mass is 16.3. The topological polar surface area (TPSA) is 74.0 Å². The lowest BCUT2D eigenvalue weighted by molar-refractivity contribution is -0.140. The summed E-state index contributed by atoms with van der Waals surface area (Å²) < 4.78 is 5.49. The molecule has 6 nitrogen and oxygen atoms in total. The summed E-state index contributed by atoms with van der Waals surface area (Å²) >= 11 is 0. The van der Waals surface area contributed by atoms with Crippen molar-refractivity contribution < 1.29 is 19.1 Å². The van der Waals surface area contributed by atoms with Gasteiger partial charge < -0.3 is 19.3 Å². The van der Waals surface area contributed by atoms with Crippen LogP contribution in [0.2, 0.25) is 0 Å². The zero-order valence-corrected chi connectivity index (χ0v) is 14.9. The van der Waals surface area contributed by atoms with Crippen LogP contribution in [0.25, 0.3) is 5.76 Å². The number of benzene rings is 1. The number of likely N-dealkylation sites (tertiary alicyclic amines) is 1. The van der Waals surface area contributed by atoms with Crippen LogP contribution >= 0.6 is 0 Å². The van der Waals surface area contributed by atoms with E-state index in [2.05, 4.69) is 0 Å². The summed E-state index contributed by atoms with van der Waals surface area (Å²) in [5, 5.41) is 10.7. The number of carbonyl (C=O) groups excluding carboxylic acids is 2. The molecule has 0 bridgehead atoms. The molecule has 0 radical (unpaired) electrons. The van der Waals surface area contributed by atoms with Crippen molar-refractivity contribution in [3.63, 3.8) is 0 Å². The highest BCUT2D eigenvalue weighted by Crippen LogP contribution is 2.39. The number of Topliss-reactive ketones (excluding diaryl/α,β-unsaturated/α-hetero) is 1. The minimum absolute atomic E-state index is 0.0704. The number of ketones is 1. The van der Waals surface area contributed by atoms with Crippen molar-refractivity contribution in [2.75, 3.05) is 27.2 Å². The third-order valence-corrected chi connectivity index (χ3v) is 4.40. The first-order valence-corrected chi connectivity index (χ1v) is 8.52. The molecule has 1 amide bonds. The Kier molecular flexibility index (Phi) is 5.23. The van der Waals surface area contributed by atoms with Gasteiger partial charge in [0.1, 0.15) is 17.6 Å². The average molecular weight is 354 g/mol. The molecule has 26 heavy (non-hydrogen) atoms. The maximum Gasteiger partial charge on any atom is 0.295 e. The van der Waals surface area contributed by atoms with Crippen molar-refractivity contribution in [1.82, 2.24) is 9.80 Å². The lowest BCUT2D eigenvalue weighted by Gasteiger charge is -2.23. The molecule has 2 heterocycles. The normalized spacial score (nSPS) is 19.5. The van der Waals surface area contributed by atoms with Crippen LogP contribution in [0.5, 0.6) is 0 Å². The van der Waals surface area contributed by atoms with Gasteiger partial charge in [0.15, 0.2) is 0 Å². The zero-order valence-electron chi connectivity index (χ0n) is 14.9. The van der Waals surface area contributed by atoms with Crippen LogP contribution in [0, 0.1) is 0 Å². The second-order valence-corrected chi connectivity index (χ2v) is 6.53. The maximum atomic E-state index is 12.7. The molecule has 1 aromatic heterocycles. The molecule has 1 atom stereocenters. The van der Waals surface area contributed by atoms with Crippen molar-refractivity contribution in [1.29, 1.82) is 0 Å². The van der Waals surface area contributed by atoms with E-state index in [1.54, 1.807) is 36.4 Å². The van der Waals surface area contributed by atoms with E-state index in [0.717, 1.165) is 6.54 Å². The van der Waals surface area contributed by atoms with E-state index in [0.29, 0.717) is 24.3 Å². The fourth-order valence-corrected chi connectivity index (χ4v) is 3.16. The number of furan rings is 1. The van der Waals surface area contributed by atoms with Crippen LogP contribution in [0.3, 0.4) is 0 Å². The van der Waals surface area contributed by atoms with Crippen LogP contribution in [0.1, 0.15) is 23.8 Å². The quantitative estimate of drug-likeness (QED) is 0.490. The van der Waals surface area contributed by atoms with Crippen molar-refractivity contribution in [3.8, 4) is 0 Å². The zero-order chi connectivity index (χ0) is 18.7. The molecule has 1 aromatic carbocycles. The number of aliphatic hydroxyl groups is 1. The van der Waals surface area contributed by atoms with Gasteiger partial charge in [-0.25, -0.2) is 0 Å². The Labute approximate surface area is 152 Å². The van der Waals surface area contributed by atoms with E-state index in [9.17, 15) is 14.7 Å². The third-order valence-electron chi connectivity index (χ3n) is 4.40. The molecular weight excluding hydrogens is 332 g/mol. The highest BCUT2D eigenvalue weighted by molar-refractivity contribution is 6.46. The highest BCUT2D eigenvalue weighted by Gasteiger charge is 2.47. The van der Waals surface area contributed by atoms with Gasteiger partial charge in [0.05, 0.1) is 11.8 Å². The van der Waals surface area contributed by atoms with E-state index in [-0.39, 0.29) is 11.3 Å². The number of amides is 1. The molecule has 0 spiro atoms. The minimum Gasteiger partial charge on any atom is -0.507 e. The molecule has 2 aromatic rings. The molecule has 1 N–H and O–H groups in total. The Morgan fingerprint density at radius 1 is 1.15 bits per heavy atom. The molecule has 136 valence electrons. The fourth-order valence-electron chi connectivity index (χ4n) is 3.16. The Morgan fingerprint density at radius 3 is 2.50 bits per heavy atom. The first kappa shape index (κ1) is 17.9. The van der Waals surface area contributed by atoms with Gasteiger partial charge in [-0.05, 0) is 39.2 Å². The van der Waals surface area contributed by atoms with Gasteiger partial charge in [-0.1, -0.05) is 30.3 Å². The third kappa shape index (κ3) is 3.41. The molecule has 1 aliphatic rings. The summed E-state index contributed by atoms with van der Waals surface area (Å²) in [4.78, 5) is 28.8. The van der Waals surface area contributed by atoms with E-state index in [4.69, 9.17) is 4.42 Å². The van der Waals surface area contributed by atoms with E-state index in [1.807, 2.05) is 25.1 Å². The second kappa shape index (κ2) is 7.58. The van der Waals surface area contributed by atoms with Gasteiger partial charge in [-0.3, -0.25) is 9.59 Å². The Balaban J connectivity index is 2.02. The van der Waals surface area contributed by atoms with Crippen molar-refractivity contribution in [3.05, 3.63) is 65.6 Å². The van der Waals surface area contributed by atoms with Crippen LogP contribution in [0.4, 0.5) is 0 Å². The smallest absolute Gasteiger partial charge is 0.295 e. The summed E-state index contributed by atoms with van der Waals surface area (Å²) in [6.45, 7) is 1.19. The molecule has 0 saturated carbocycles. The van der Waals surface area contributed by atoms with Crippen LogP contribution in [-0.4, -0.2) is 53.8 Å². The predicted molar refractivity (Wildman–Crippen MR) is 97.3 cm³/mol. The summed E-state index contributed by atoms with van der Waals surface area (Å²) in [5.74, 6) is -1.01. The standard InChI is InChI=1S/C20H22N2O4/c1-21(2)11-7-12-22-17(15-10-6-13-26-15)16(19(24)20(22)25)18(23)14-8-4-3-5-9-14/h3-6,8-10,13,17,23H,7,11-12H2,1-2H3/t17-/m0/s1. The van der Waals surface area contributed by atoms with Gasteiger partial charge >= 0.3 is 0 Å². The van der Waals surface area contributed by atoms with Crippen LogP contribution in [0.15, 0.2) is 58.7 Å². The van der Waals surface area contributed by atoms with E-state index in [1.165, 1.54) is 11.2 Å².